The summed E-state index contributed by atoms with van der Waals surface area (Å²) in [4.78, 5) is 20.0. The van der Waals surface area contributed by atoms with Crippen LogP contribution >= 0.6 is 11.6 Å². The summed E-state index contributed by atoms with van der Waals surface area (Å²) >= 11 is 6.39. The number of aromatic nitrogens is 3. The van der Waals surface area contributed by atoms with E-state index < -0.39 is 0 Å². The number of benzene rings is 1. The molecule has 0 saturated carbocycles. The zero-order valence-electron chi connectivity index (χ0n) is 15.7. The summed E-state index contributed by atoms with van der Waals surface area (Å²) in [5.74, 6) is 0.0780. The summed E-state index contributed by atoms with van der Waals surface area (Å²) in [6, 6.07) is 9.44. The number of pyridine rings is 1. The minimum Gasteiger partial charge on any atom is -0.339 e. The normalized spacial score (nSPS) is 15.1. The Hall–Kier alpha value is -2.40. The number of fused-ring (bicyclic) bond motifs is 1. The number of hydrogen-bond donors (Lipinski definition) is 0. The van der Waals surface area contributed by atoms with Gasteiger partial charge in [-0.2, -0.15) is 5.10 Å². The summed E-state index contributed by atoms with van der Waals surface area (Å²) < 4.78 is 1.75. The molecule has 1 aromatic carbocycles. The van der Waals surface area contributed by atoms with Gasteiger partial charge in [-0.25, -0.2) is 9.67 Å². The first kappa shape index (κ1) is 18.0. The van der Waals surface area contributed by atoms with E-state index in [1.807, 2.05) is 49.1 Å². The highest BCUT2D eigenvalue weighted by atomic mass is 35.5. The molecular weight excluding hydrogens is 360 g/mol. The third kappa shape index (κ3) is 3.32. The first-order valence-electron chi connectivity index (χ1n) is 9.47. The predicted octanol–water partition coefficient (Wildman–Crippen LogP) is 4.71. The topological polar surface area (TPSA) is 51.0 Å². The lowest BCUT2D eigenvalue weighted by Crippen LogP contribution is -2.32. The van der Waals surface area contributed by atoms with Gasteiger partial charge in [-0.3, -0.25) is 4.79 Å². The van der Waals surface area contributed by atoms with Gasteiger partial charge in [-0.15, -0.1) is 0 Å². The monoisotopic (exact) mass is 382 g/mol. The Morgan fingerprint density at radius 3 is 2.48 bits per heavy atom. The summed E-state index contributed by atoms with van der Waals surface area (Å²) in [5, 5.41) is 6.08. The van der Waals surface area contributed by atoms with E-state index in [2.05, 4.69) is 5.10 Å². The van der Waals surface area contributed by atoms with Gasteiger partial charge in [0.1, 0.15) is 0 Å². The van der Waals surface area contributed by atoms with E-state index in [1.165, 1.54) is 12.8 Å². The first-order chi connectivity index (χ1) is 13.1. The molecule has 0 bridgehead atoms. The highest BCUT2D eigenvalue weighted by Gasteiger charge is 2.24. The maximum absolute atomic E-state index is 13.3. The quantitative estimate of drug-likeness (QED) is 0.645. The number of amides is 1. The van der Waals surface area contributed by atoms with Gasteiger partial charge < -0.3 is 4.90 Å². The molecule has 3 heterocycles. The zero-order chi connectivity index (χ0) is 19.0. The van der Waals surface area contributed by atoms with Crippen molar-refractivity contribution in [3.8, 4) is 5.69 Å². The fourth-order valence-corrected chi connectivity index (χ4v) is 4.03. The maximum atomic E-state index is 13.3. The number of hydrogen-bond acceptors (Lipinski definition) is 3. The average molecular weight is 383 g/mol. The highest BCUT2D eigenvalue weighted by molar-refractivity contribution is 6.32. The minimum absolute atomic E-state index is 0.0780. The van der Waals surface area contributed by atoms with Gasteiger partial charge in [0.05, 0.1) is 27.4 Å². The van der Waals surface area contributed by atoms with Crippen molar-refractivity contribution in [3.63, 3.8) is 0 Å². The number of carbonyl (C=O) groups excluding carboxylic acids is 1. The second kappa shape index (κ2) is 7.31. The average Bonchev–Trinajstić information content (AvgIpc) is 2.84. The van der Waals surface area contributed by atoms with Gasteiger partial charge in [0.2, 0.25) is 0 Å². The van der Waals surface area contributed by atoms with E-state index in [9.17, 15) is 4.79 Å². The lowest BCUT2D eigenvalue weighted by molar-refractivity contribution is 0.0763. The Morgan fingerprint density at radius 1 is 1.07 bits per heavy atom. The molecule has 0 N–H and O–H groups in total. The van der Waals surface area contributed by atoms with E-state index >= 15 is 0 Å². The smallest absolute Gasteiger partial charge is 0.254 e. The molecule has 27 heavy (non-hydrogen) atoms. The van der Waals surface area contributed by atoms with Crippen molar-refractivity contribution in [2.24, 2.45) is 0 Å². The molecule has 3 aromatic rings. The maximum Gasteiger partial charge on any atom is 0.254 e. The molecule has 1 aliphatic rings. The van der Waals surface area contributed by atoms with E-state index in [0.717, 1.165) is 48.4 Å². The lowest BCUT2D eigenvalue weighted by Gasteiger charge is -2.21. The van der Waals surface area contributed by atoms with Crippen molar-refractivity contribution >= 4 is 28.5 Å². The van der Waals surface area contributed by atoms with Gasteiger partial charge in [-0.05, 0) is 44.9 Å². The van der Waals surface area contributed by atoms with Crippen LogP contribution in [0.25, 0.3) is 16.7 Å². The van der Waals surface area contributed by atoms with Crippen LogP contribution in [0.5, 0.6) is 0 Å². The van der Waals surface area contributed by atoms with Gasteiger partial charge in [0.25, 0.3) is 5.91 Å². The third-order valence-electron chi connectivity index (χ3n) is 5.15. The van der Waals surface area contributed by atoms with Crippen LogP contribution in [-0.2, 0) is 0 Å². The minimum atomic E-state index is 0.0780. The molecule has 140 valence electrons. The Labute approximate surface area is 164 Å². The van der Waals surface area contributed by atoms with Crippen molar-refractivity contribution < 1.29 is 4.79 Å². The van der Waals surface area contributed by atoms with Crippen LogP contribution in [0, 0.1) is 13.8 Å². The van der Waals surface area contributed by atoms with Crippen molar-refractivity contribution in [3.05, 3.63) is 52.3 Å². The molecule has 0 spiro atoms. The molecule has 4 rings (SSSR count). The molecule has 2 aromatic heterocycles. The van der Waals surface area contributed by atoms with Crippen LogP contribution in [0.15, 0.2) is 30.3 Å². The van der Waals surface area contributed by atoms with Gasteiger partial charge in [-0.1, -0.05) is 36.6 Å². The second-order valence-electron chi connectivity index (χ2n) is 7.16. The largest absolute Gasteiger partial charge is 0.339 e. The van der Waals surface area contributed by atoms with E-state index in [-0.39, 0.29) is 5.91 Å². The molecule has 0 unspecified atom stereocenters. The summed E-state index contributed by atoms with van der Waals surface area (Å²) in [5.41, 5.74) is 3.72. The van der Waals surface area contributed by atoms with E-state index in [1.54, 1.807) is 4.68 Å². The van der Waals surface area contributed by atoms with Gasteiger partial charge >= 0.3 is 0 Å². The third-order valence-corrected chi connectivity index (χ3v) is 5.46. The van der Waals surface area contributed by atoms with Crippen LogP contribution in [0.3, 0.4) is 0 Å². The van der Waals surface area contributed by atoms with Gasteiger partial charge in [0, 0.05) is 18.8 Å². The van der Waals surface area contributed by atoms with Crippen LogP contribution in [-0.4, -0.2) is 38.7 Å². The Balaban J connectivity index is 1.88. The van der Waals surface area contributed by atoms with Crippen molar-refractivity contribution in [1.29, 1.82) is 0 Å². The lowest BCUT2D eigenvalue weighted by atomic mass is 10.1. The van der Waals surface area contributed by atoms with Gasteiger partial charge in [0.15, 0.2) is 5.65 Å². The Kier molecular flexibility index (Phi) is 4.87. The molecule has 1 saturated heterocycles. The first-order valence-corrected chi connectivity index (χ1v) is 9.85. The number of rotatable bonds is 2. The van der Waals surface area contributed by atoms with Crippen molar-refractivity contribution in [2.45, 2.75) is 39.5 Å². The molecule has 6 heteroatoms. The highest BCUT2D eigenvalue weighted by Crippen LogP contribution is 2.29. The standard InChI is InChI=1S/C21H23ClN4O/c1-14-13-16(21(27)25-11-7-3-4-8-12-25)19-15(2)24-26(20(19)23-14)18-10-6-5-9-17(18)22/h5-6,9-10,13H,3-4,7-8,11-12H2,1-2H3. The number of para-hydroxylation sites is 1. The van der Waals surface area contributed by atoms with Crippen LogP contribution in [0.1, 0.15) is 47.4 Å². The second-order valence-corrected chi connectivity index (χ2v) is 7.57. The van der Waals surface area contributed by atoms with Crippen LogP contribution in [0.4, 0.5) is 0 Å². The molecular formula is C21H23ClN4O. The van der Waals surface area contributed by atoms with Crippen molar-refractivity contribution in [1.82, 2.24) is 19.7 Å². The molecule has 1 fully saturated rings. The molecule has 0 atom stereocenters. The number of nitrogens with zero attached hydrogens (tertiary/aromatic N) is 4. The fourth-order valence-electron chi connectivity index (χ4n) is 3.82. The Bertz CT molecular complexity index is 1000. The fraction of sp³-hybridized carbons (Fsp3) is 0.381. The molecule has 1 aliphatic heterocycles. The number of likely N-dealkylation sites (tertiary alicyclic amines) is 1. The molecule has 0 aliphatic carbocycles. The summed E-state index contributed by atoms with van der Waals surface area (Å²) in [6.07, 6.45) is 4.52. The molecule has 0 radical (unpaired) electrons. The number of aryl methyl sites for hydroxylation is 2. The van der Waals surface area contributed by atoms with E-state index in [4.69, 9.17) is 16.6 Å². The molecule has 1 amide bonds. The zero-order valence-corrected chi connectivity index (χ0v) is 16.5. The SMILES string of the molecule is Cc1cc(C(=O)N2CCCCCC2)c2c(C)nn(-c3ccccc3Cl)c2n1. The molecule has 5 nitrogen and oxygen atoms in total. The number of carbonyl (C=O) groups is 1. The number of halogens is 1. The summed E-state index contributed by atoms with van der Waals surface area (Å²) in [6.45, 7) is 5.47. The van der Waals surface area contributed by atoms with Crippen LogP contribution < -0.4 is 0 Å². The Morgan fingerprint density at radius 2 is 1.78 bits per heavy atom. The van der Waals surface area contributed by atoms with Crippen LogP contribution in [0.2, 0.25) is 5.02 Å². The van der Waals surface area contributed by atoms with E-state index in [0.29, 0.717) is 16.2 Å². The predicted molar refractivity (Wildman–Crippen MR) is 108 cm³/mol. The summed E-state index contributed by atoms with van der Waals surface area (Å²) in [7, 11) is 0. The van der Waals surface area contributed by atoms with Crippen molar-refractivity contribution in [2.75, 3.05) is 13.1 Å².